The van der Waals surface area contributed by atoms with Gasteiger partial charge in [0.25, 0.3) is 0 Å². The second-order valence-electron chi connectivity index (χ2n) is 9.17. The van der Waals surface area contributed by atoms with E-state index in [9.17, 15) is 10.2 Å². The molecule has 0 aliphatic heterocycles. The van der Waals surface area contributed by atoms with Gasteiger partial charge >= 0.3 is 0 Å². The molecule has 8 nitrogen and oxygen atoms in total. The number of aliphatic hydroxyl groups excluding tert-OH is 2. The Morgan fingerprint density at radius 1 is 0.868 bits per heavy atom. The molecule has 0 aliphatic carbocycles. The first kappa shape index (κ1) is 25.4. The van der Waals surface area contributed by atoms with Gasteiger partial charge in [-0.15, -0.1) is 0 Å². The highest BCUT2D eigenvalue weighted by molar-refractivity contribution is 5.71. The van der Waals surface area contributed by atoms with Gasteiger partial charge in [-0.2, -0.15) is 4.98 Å². The van der Waals surface area contributed by atoms with Crippen molar-refractivity contribution >= 4 is 17.1 Å². The summed E-state index contributed by atoms with van der Waals surface area (Å²) in [6.45, 7) is 0.425. The molecule has 2 heterocycles. The molecular formula is C30H31N5O3. The molecule has 0 fully saturated rings. The van der Waals surface area contributed by atoms with E-state index in [4.69, 9.17) is 9.72 Å². The minimum Gasteiger partial charge on any atom is -0.496 e. The number of anilines is 1. The van der Waals surface area contributed by atoms with E-state index >= 15 is 0 Å². The monoisotopic (exact) mass is 509 g/mol. The average molecular weight is 510 g/mol. The molecule has 0 aliphatic rings. The predicted octanol–water partition coefficient (Wildman–Crippen LogP) is 4.23. The normalized spacial score (nSPS) is 11.7. The van der Waals surface area contributed by atoms with E-state index in [-0.39, 0.29) is 19.1 Å². The Balaban J connectivity index is 1.66. The predicted molar refractivity (Wildman–Crippen MR) is 147 cm³/mol. The maximum Gasteiger partial charge on any atom is 0.226 e. The molecule has 5 rings (SSSR count). The lowest BCUT2D eigenvalue weighted by atomic mass is 9.76. The number of aromatic nitrogens is 4. The number of hydrogen-bond donors (Lipinski definition) is 3. The Morgan fingerprint density at radius 3 is 2.13 bits per heavy atom. The quantitative estimate of drug-likeness (QED) is 0.229. The molecule has 5 aromatic rings. The standard InChI is InChI=1S/C30H31N5O3/c1-38-27-15-9-8-14-25(27)30(23-10-4-2-5-11-23,24-12-6-3-7-13-24)34-29-31-18-26-28(33-29)35(21-32-26)17-16-22(19-36)20-37/h2-15,18,21-22,36-37H,16-17,19-20H2,1H3,(H,31,33,34). The molecule has 0 unspecified atom stereocenters. The summed E-state index contributed by atoms with van der Waals surface area (Å²) in [5.41, 5.74) is 3.40. The maximum absolute atomic E-state index is 9.48. The van der Waals surface area contributed by atoms with Crippen LogP contribution in [0, 0.1) is 5.92 Å². The van der Waals surface area contributed by atoms with E-state index in [1.54, 1.807) is 19.6 Å². The number of imidazole rings is 1. The number of aliphatic hydroxyl groups is 2. The van der Waals surface area contributed by atoms with E-state index in [0.29, 0.717) is 30.1 Å². The van der Waals surface area contributed by atoms with Crippen LogP contribution in [0.4, 0.5) is 5.95 Å². The molecule has 38 heavy (non-hydrogen) atoms. The van der Waals surface area contributed by atoms with E-state index in [1.165, 1.54) is 0 Å². The minimum absolute atomic E-state index is 0.0689. The van der Waals surface area contributed by atoms with Crippen LogP contribution in [-0.4, -0.2) is 50.1 Å². The summed E-state index contributed by atoms with van der Waals surface area (Å²) in [5, 5.41) is 22.6. The van der Waals surface area contributed by atoms with Crippen LogP contribution < -0.4 is 10.1 Å². The lowest BCUT2D eigenvalue weighted by molar-refractivity contribution is 0.140. The first-order valence-corrected chi connectivity index (χ1v) is 12.6. The van der Waals surface area contributed by atoms with Crippen molar-refractivity contribution in [2.75, 3.05) is 25.6 Å². The Morgan fingerprint density at radius 2 is 1.50 bits per heavy atom. The van der Waals surface area contributed by atoms with Gasteiger partial charge in [0.15, 0.2) is 5.65 Å². The van der Waals surface area contributed by atoms with Gasteiger partial charge in [-0.3, -0.25) is 0 Å². The number of rotatable bonds is 11. The second-order valence-corrected chi connectivity index (χ2v) is 9.17. The number of ether oxygens (including phenoxy) is 1. The Bertz CT molecular complexity index is 1430. The van der Waals surface area contributed by atoms with Crippen molar-refractivity contribution in [3.8, 4) is 5.75 Å². The SMILES string of the molecule is COc1ccccc1C(Nc1ncc2ncn(CCC(CO)CO)c2n1)(c1ccccc1)c1ccccc1. The fraction of sp³-hybridized carbons (Fsp3) is 0.233. The van der Waals surface area contributed by atoms with Gasteiger partial charge in [0.1, 0.15) is 16.8 Å². The van der Waals surface area contributed by atoms with Crippen LogP contribution in [0.3, 0.4) is 0 Å². The molecule has 3 N–H and O–H groups in total. The highest BCUT2D eigenvalue weighted by Gasteiger charge is 2.39. The summed E-state index contributed by atoms with van der Waals surface area (Å²) in [6.07, 6.45) is 4.03. The molecule has 0 amide bonds. The summed E-state index contributed by atoms with van der Waals surface area (Å²) in [5.74, 6) is 0.970. The number of aryl methyl sites for hydroxylation is 1. The number of methoxy groups -OCH3 is 1. The number of hydrogen-bond acceptors (Lipinski definition) is 7. The van der Waals surface area contributed by atoms with Crippen LogP contribution >= 0.6 is 0 Å². The van der Waals surface area contributed by atoms with Crippen LogP contribution in [0.2, 0.25) is 0 Å². The highest BCUT2D eigenvalue weighted by atomic mass is 16.5. The molecule has 0 saturated heterocycles. The molecule has 0 atom stereocenters. The smallest absolute Gasteiger partial charge is 0.226 e. The largest absolute Gasteiger partial charge is 0.496 e. The fourth-order valence-corrected chi connectivity index (χ4v) is 4.83. The number of nitrogens with zero attached hydrogens (tertiary/aromatic N) is 4. The molecule has 0 spiro atoms. The van der Waals surface area contributed by atoms with E-state index < -0.39 is 5.54 Å². The third-order valence-electron chi connectivity index (χ3n) is 6.88. The number of nitrogens with one attached hydrogen (secondary N) is 1. The average Bonchev–Trinajstić information content (AvgIpc) is 3.39. The first-order valence-electron chi connectivity index (χ1n) is 12.6. The Kier molecular flexibility index (Phi) is 7.62. The van der Waals surface area contributed by atoms with Gasteiger partial charge in [0.2, 0.25) is 5.95 Å². The summed E-state index contributed by atoms with van der Waals surface area (Å²) in [6, 6.07) is 28.3. The third kappa shape index (κ3) is 4.83. The second kappa shape index (κ2) is 11.4. The van der Waals surface area contributed by atoms with Crippen LogP contribution in [0.25, 0.3) is 11.2 Å². The molecule has 0 radical (unpaired) electrons. The molecule has 8 heteroatoms. The van der Waals surface area contributed by atoms with Crippen molar-refractivity contribution in [3.63, 3.8) is 0 Å². The summed E-state index contributed by atoms with van der Waals surface area (Å²) in [7, 11) is 1.67. The first-order chi connectivity index (χ1) is 18.7. The van der Waals surface area contributed by atoms with Gasteiger partial charge in [-0.1, -0.05) is 78.9 Å². The van der Waals surface area contributed by atoms with Crippen molar-refractivity contribution in [1.82, 2.24) is 19.5 Å². The van der Waals surface area contributed by atoms with Crippen LogP contribution in [0.5, 0.6) is 5.75 Å². The molecule has 2 aromatic heterocycles. The van der Waals surface area contributed by atoms with Crippen molar-refractivity contribution in [2.24, 2.45) is 5.92 Å². The zero-order valence-electron chi connectivity index (χ0n) is 21.2. The summed E-state index contributed by atoms with van der Waals surface area (Å²) < 4.78 is 7.78. The summed E-state index contributed by atoms with van der Waals surface area (Å²) >= 11 is 0. The third-order valence-corrected chi connectivity index (χ3v) is 6.88. The molecule has 0 saturated carbocycles. The molecule has 3 aromatic carbocycles. The van der Waals surface area contributed by atoms with Crippen LogP contribution in [-0.2, 0) is 12.1 Å². The molecule has 194 valence electrons. The number of fused-ring (bicyclic) bond motifs is 1. The van der Waals surface area contributed by atoms with Crippen LogP contribution in [0.1, 0.15) is 23.1 Å². The highest BCUT2D eigenvalue weighted by Crippen LogP contribution is 2.43. The number of para-hydroxylation sites is 1. The zero-order valence-corrected chi connectivity index (χ0v) is 21.2. The van der Waals surface area contributed by atoms with E-state index in [1.807, 2.05) is 59.2 Å². The van der Waals surface area contributed by atoms with Gasteiger partial charge in [0.05, 0.1) is 19.6 Å². The molecular weight excluding hydrogens is 478 g/mol. The van der Waals surface area contributed by atoms with Crippen molar-refractivity contribution in [1.29, 1.82) is 0 Å². The minimum atomic E-state index is -0.869. The maximum atomic E-state index is 9.48. The van der Waals surface area contributed by atoms with Crippen molar-refractivity contribution in [3.05, 3.63) is 114 Å². The summed E-state index contributed by atoms with van der Waals surface area (Å²) in [4.78, 5) is 14.0. The Labute approximate surface area is 221 Å². The lowest BCUT2D eigenvalue weighted by Crippen LogP contribution is -2.39. The Hall–Kier alpha value is -4.27. The van der Waals surface area contributed by atoms with Gasteiger partial charge in [-0.05, 0) is 23.6 Å². The topological polar surface area (TPSA) is 105 Å². The van der Waals surface area contributed by atoms with Crippen molar-refractivity contribution < 1.29 is 14.9 Å². The van der Waals surface area contributed by atoms with Gasteiger partial charge in [0, 0.05) is 31.2 Å². The van der Waals surface area contributed by atoms with E-state index in [0.717, 1.165) is 22.4 Å². The van der Waals surface area contributed by atoms with Crippen molar-refractivity contribution in [2.45, 2.75) is 18.5 Å². The lowest BCUT2D eigenvalue weighted by Gasteiger charge is -2.37. The number of benzene rings is 3. The molecule has 0 bridgehead atoms. The van der Waals surface area contributed by atoms with Crippen LogP contribution in [0.15, 0.2) is 97.5 Å². The van der Waals surface area contributed by atoms with Gasteiger partial charge < -0.3 is 24.8 Å². The van der Waals surface area contributed by atoms with E-state index in [2.05, 4.69) is 45.6 Å². The van der Waals surface area contributed by atoms with Gasteiger partial charge in [-0.25, -0.2) is 9.97 Å². The zero-order chi connectivity index (χ0) is 26.4. The fourth-order valence-electron chi connectivity index (χ4n) is 4.83.